The van der Waals surface area contributed by atoms with Gasteiger partial charge in [-0.2, -0.15) is 0 Å². The molecule has 76 valence electrons. The van der Waals surface area contributed by atoms with Crippen LogP contribution in [0.1, 0.15) is 25.0 Å². The number of rotatable bonds is 2. The first kappa shape index (κ1) is 9.71. The molecule has 0 saturated carbocycles. The molecule has 0 aromatic carbocycles. The molecule has 4 heteroatoms. The van der Waals surface area contributed by atoms with E-state index in [-0.39, 0.29) is 5.38 Å². The number of nitrogens with zero attached hydrogens (tertiary/aromatic N) is 3. The lowest BCUT2D eigenvalue weighted by atomic mass is 9.96. The molecule has 14 heavy (non-hydrogen) atoms. The second kappa shape index (κ2) is 4.13. The summed E-state index contributed by atoms with van der Waals surface area (Å²) in [6.45, 7) is 0. The van der Waals surface area contributed by atoms with Crippen LogP contribution in [0.5, 0.6) is 0 Å². The van der Waals surface area contributed by atoms with Gasteiger partial charge in [-0.3, -0.25) is 4.68 Å². The Morgan fingerprint density at radius 1 is 1.64 bits per heavy atom. The lowest BCUT2D eigenvalue weighted by Crippen LogP contribution is -2.05. The average molecular weight is 212 g/mol. The lowest BCUT2D eigenvalue weighted by Gasteiger charge is -2.15. The molecule has 1 heterocycles. The summed E-state index contributed by atoms with van der Waals surface area (Å²) in [6.07, 6.45) is 8.47. The van der Waals surface area contributed by atoms with Gasteiger partial charge in [0, 0.05) is 19.7 Å². The average Bonchev–Trinajstić information content (AvgIpc) is 2.51. The molecular formula is C10H14ClN3. The fraction of sp³-hybridized carbons (Fsp3) is 0.600. The van der Waals surface area contributed by atoms with E-state index >= 15 is 0 Å². The van der Waals surface area contributed by atoms with Gasteiger partial charge in [0.05, 0.1) is 11.1 Å². The fourth-order valence-corrected chi connectivity index (χ4v) is 2.14. The van der Waals surface area contributed by atoms with Crippen molar-refractivity contribution in [2.75, 3.05) is 0 Å². The maximum absolute atomic E-state index is 6.07. The van der Waals surface area contributed by atoms with Crippen LogP contribution in [0.4, 0.5) is 0 Å². The number of alkyl halides is 1. The van der Waals surface area contributed by atoms with Crippen LogP contribution < -0.4 is 0 Å². The minimum Gasteiger partial charge on any atom is -0.255 e. The van der Waals surface area contributed by atoms with Crippen molar-refractivity contribution >= 4 is 11.6 Å². The number of hydrogen-bond acceptors (Lipinski definition) is 2. The highest BCUT2D eigenvalue weighted by atomic mass is 35.5. The van der Waals surface area contributed by atoms with Crippen LogP contribution >= 0.6 is 11.6 Å². The Kier molecular flexibility index (Phi) is 2.87. The predicted octanol–water partition coefficient (Wildman–Crippen LogP) is 2.08. The van der Waals surface area contributed by atoms with Gasteiger partial charge in [0.25, 0.3) is 0 Å². The summed E-state index contributed by atoms with van der Waals surface area (Å²) in [7, 11) is 1.89. The molecule has 0 amide bonds. The van der Waals surface area contributed by atoms with Crippen molar-refractivity contribution < 1.29 is 0 Å². The van der Waals surface area contributed by atoms with Crippen LogP contribution in [0.25, 0.3) is 0 Å². The molecule has 0 aliphatic heterocycles. The SMILES string of the molecule is Cn1cc(CC2=CC(Cl)CCC2)nn1. The minimum absolute atomic E-state index is 0.218. The van der Waals surface area contributed by atoms with Crippen molar-refractivity contribution in [3.63, 3.8) is 0 Å². The molecule has 2 rings (SSSR count). The van der Waals surface area contributed by atoms with Crippen LogP contribution in [-0.4, -0.2) is 20.4 Å². The van der Waals surface area contributed by atoms with Gasteiger partial charge in [0.1, 0.15) is 0 Å². The molecule has 0 saturated heterocycles. The molecule has 1 aliphatic rings. The quantitative estimate of drug-likeness (QED) is 0.554. The van der Waals surface area contributed by atoms with E-state index in [1.807, 2.05) is 13.2 Å². The Bertz CT molecular complexity index is 343. The topological polar surface area (TPSA) is 30.7 Å². The third-order valence-corrected chi connectivity index (χ3v) is 2.80. The van der Waals surface area contributed by atoms with E-state index in [1.54, 1.807) is 4.68 Å². The summed E-state index contributed by atoms with van der Waals surface area (Å²) in [5.74, 6) is 0. The van der Waals surface area contributed by atoms with Gasteiger partial charge in [-0.05, 0) is 19.3 Å². The Morgan fingerprint density at radius 3 is 3.14 bits per heavy atom. The Balaban J connectivity index is 2.03. The van der Waals surface area contributed by atoms with Crippen molar-refractivity contribution in [3.8, 4) is 0 Å². The minimum atomic E-state index is 0.218. The zero-order valence-electron chi connectivity index (χ0n) is 8.28. The van der Waals surface area contributed by atoms with Gasteiger partial charge in [-0.15, -0.1) is 16.7 Å². The van der Waals surface area contributed by atoms with Crippen LogP contribution in [0.3, 0.4) is 0 Å². The molecule has 0 N–H and O–H groups in total. The van der Waals surface area contributed by atoms with Gasteiger partial charge >= 0.3 is 0 Å². The lowest BCUT2D eigenvalue weighted by molar-refractivity contribution is 0.689. The molecule has 1 unspecified atom stereocenters. The van der Waals surface area contributed by atoms with Crippen molar-refractivity contribution in [2.24, 2.45) is 7.05 Å². The highest BCUT2D eigenvalue weighted by Crippen LogP contribution is 2.23. The second-order valence-electron chi connectivity index (χ2n) is 3.79. The second-order valence-corrected chi connectivity index (χ2v) is 4.35. The van der Waals surface area contributed by atoms with Gasteiger partial charge in [-0.25, -0.2) is 0 Å². The van der Waals surface area contributed by atoms with Crippen molar-refractivity contribution in [1.82, 2.24) is 15.0 Å². The number of hydrogen-bond donors (Lipinski definition) is 0. The van der Waals surface area contributed by atoms with E-state index in [0.717, 1.165) is 25.0 Å². The summed E-state index contributed by atoms with van der Waals surface area (Å²) in [5, 5.41) is 8.19. The smallest absolute Gasteiger partial charge is 0.0867 e. The van der Waals surface area contributed by atoms with Crippen molar-refractivity contribution in [1.29, 1.82) is 0 Å². The van der Waals surface area contributed by atoms with Gasteiger partial charge in [-0.1, -0.05) is 16.9 Å². The molecule has 0 fully saturated rings. The molecule has 1 aromatic rings. The molecular weight excluding hydrogens is 198 g/mol. The van der Waals surface area contributed by atoms with E-state index < -0.39 is 0 Å². The monoisotopic (exact) mass is 211 g/mol. The first-order chi connectivity index (χ1) is 6.74. The standard InChI is InChI=1S/C10H14ClN3/c1-14-7-10(12-13-14)6-8-3-2-4-9(11)5-8/h5,7,9H,2-4,6H2,1H3. The highest BCUT2D eigenvalue weighted by molar-refractivity contribution is 6.21. The molecule has 1 aromatic heterocycles. The molecule has 0 radical (unpaired) electrons. The Labute approximate surface area is 88.8 Å². The first-order valence-electron chi connectivity index (χ1n) is 4.93. The van der Waals surface area contributed by atoms with Crippen LogP contribution in [0, 0.1) is 0 Å². The van der Waals surface area contributed by atoms with Crippen molar-refractivity contribution in [3.05, 3.63) is 23.5 Å². The molecule has 0 bridgehead atoms. The van der Waals surface area contributed by atoms with Crippen LogP contribution in [0.2, 0.25) is 0 Å². The summed E-state index contributed by atoms with van der Waals surface area (Å²) in [5.41, 5.74) is 2.43. The molecule has 1 atom stereocenters. The van der Waals surface area contributed by atoms with E-state index in [9.17, 15) is 0 Å². The van der Waals surface area contributed by atoms with Gasteiger partial charge in [0.15, 0.2) is 0 Å². The maximum atomic E-state index is 6.07. The zero-order valence-corrected chi connectivity index (χ0v) is 9.04. The van der Waals surface area contributed by atoms with E-state index in [1.165, 1.54) is 12.0 Å². The van der Waals surface area contributed by atoms with Crippen molar-refractivity contribution in [2.45, 2.75) is 31.1 Å². The number of aryl methyl sites for hydroxylation is 1. The maximum Gasteiger partial charge on any atom is 0.0867 e. The number of aromatic nitrogens is 3. The Morgan fingerprint density at radius 2 is 2.50 bits per heavy atom. The predicted molar refractivity (Wildman–Crippen MR) is 56.3 cm³/mol. The number of halogens is 1. The summed E-state index contributed by atoms with van der Waals surface area (Å²) in [4.78, 5) is 0. The van der Waals surface area contributed by atoms with Gasteiger partial charge < -0.3 is 0 Å². The largest absolute Gasteiger partial charge is 0.255 e. The number of allylic oxidation sites excluding steroid dienone is 2. The molecule has 0 spiro atoms. The zero-order chi connectivity index (χ0) is 9.97. The fourth-order valence-electron chi connectivity index (χ4n) is 1.80. The van der Waals surface area contributed by atoms with E-state index in [4.69, 9.17) is 11.6 Å². The highest BCUT2D eigenvalue weighted by Gasteiger charge is 2.12. The summed E-state index contributed by atoms with van der Waals surface area (Å²) < 4.78 is 1.73. The van der Waals surface area contributed by atoms with E-state index in [0.29, 0.717) is 0 Å². The third-order valence-electron chi connectivity index (χ3n) is 2.45. The molecule has 3 nitrogen and oxygen atoms in total. The van der Waals surface area contributed by atoms with Crippen LogP contribution in [-0.2, 0) is 13.5 Å². The summed E-state index contributed by atoms with van der Waals surface area (Å²) >= 11 is 6.07. The first-order valence-corrected chi connectivity index (χ1v) is 5.36. The third kappa shape index (κ3) is 2.35. The van der Waals surface area contributed by atoms with Crippen LogP contribution in [0.15, 0.2) is 17.8 Å². The molecule has 1 aliphatic carbocycles. The normalized spacial score (nSPS) is 22.1. The Hall–Kier alpha value is -0.830. The van der Waals surface area contributed by atoms with E-state index in [2.05, 4.69) is 16.4 Å². The summed E-state index contributed by atoms with van der Waals surface area (Å²) in [6, 6.07) is 0. The van der Waals surface area contributed by atoms with Gasteiger partial charge in [0.2, 0.25) is 0 Å².